The second-order valence-electron chi connectivity index (χ2n) is 8.16. The third-order valence-corrected chi connectivity index (χ3v) is 5.93. The molecule has 4 heterocycles. The Labute approximate surface area is 201 Å². The van der Waals surface area contributed by atoms with Crippen molar-refractivity contribution in [1.29, 1.82) is 0 Å². The minimum atomic E-state index is -0.414. The summed E-state index contributed by atoms with van der Waals surface area (Å²) >= 11 is 0. The number of fused-ring (bicyclic) bond motifs is 1. The fraction of sp³-hybridized carbons (Fsp3) is 0.292. The Bertz CT molecular complexity index is 1330. The molecule has 0 saturated carbocycles. The van der Waals surface area contributed by atoms with Crippen LogP contribution in [0, 0.1) is 5.92 Å². The maximum absolute atomic E-state index is 12.7. The zero-order chi connectivity index (χ0) is 24.2. The quantitative estimate of drug-likeness (QED) is 0.377. The summed E-state index contributed by atoms with van der Waals surface area (Å²) in [4.78, 5) is 35.5. The Morgan fingerprint density at radius 1 is 1.26 bits per heavy atom. The lowest BCUT2D eigenvalue weighted by molar-refractivity contribution is -0.126. The molecule has 1 saturated heterocycles. The van der Waals surface area contributed by atoms with Gasteiger partial charge in [-0.05, 0) is 24.3 Å². The summed E-state index contributed by atoms with van der Waals surface area (Å²) in [5, 5.41) is 11.3. The summed E-state index contributed by atoms with van der Waals surface area (Å²) in [6, 6.07) is 11.0. The van der Waals surface area contributed by atoms with Gasteiger partial charge in [0.25, 0.3) is 0 Å². The molecule has 11 nitrogen and oxygen atoms in total. The van der Waals surface area contributed by atoms with Crippen LogP contribution in [0.25, 0.3) is 11.0 Å². The van der Waals surface area contributed by atoms with Crippen LogP contribution in [-0.4, -0.2) is 51.8 Å². The van der Waals surface area contributed by atoms with Crippen LogP contribution in [0.5, 0.6) is 5.75 Å². The van der Waals surface area contributed by atoms with Gasteiger partial charge in [0.05, 0.1) is 44.0 Å². The topological polar surface area (TPSA) is 127 Å². The van der Waals surface area contributed by atoms with Gasteiger partial charge < -0.3 is 24.7 Å². The highest BCUT2D eigenvalue weighted by Crippen LogP contribution is 2.28. The lowest BCUT2D eigenvalue weighted by atomic mass is 10.1. The molecule has 2 N–H and O–H groups in total. The molecule has 2 amide bonds. The van der Waals surface area contributed by atoms with Crippen LogP contribution < -0.4 is 20.3 Å². The number of ether oxygens (including phenoxy) is 1. The molecule has 1 unspecified atom stereocenters. The number of methoxy groups -OCH3 is 1. The van der Waals surface area contributed by atoms with Crippen LogP contribution in [0.15, 0.2) is 59.6 Å². The summed E-state index contributed by atoms with van der Waals surface area (Å²) < 4.78 is 12.3. The van der Waals surface area contributed by atoms with Gasteiger partial charge in [-0.1, -0.05) is 6.07 Å². The van der Waals surface area contributed by atoms with Gasteiger partial charge >= 0.3 is 0 Å². The molecule has 1 aromatic carbocycles. The average Bonchev–Trinajstić information content (AvgIpc) is 3.63. The molecule has 0 aliphatic carbocycles. The molecular weight excluding hydrogens is 450 g/mol. The minimum Gasteiger partial charge on any atom is -0.497 e. The van der Waals surface area contributed by atoms with Gasteiger partial charge in [0.1, 0.15) is 23.7 Å². The van der Waals surface area contributed by atoms with E-state index in [1.807, 2.05) is 30.3 Å². The minimum absolute atomic E-state index is 0.0808. The summed E-state index contributed by atoms with van der Waals surface area (Å²) in [6.07, 6.45) is 4.96. The summed E-state index contributed by atoms with van der Waals surface area (Å²) in [5.74, 6) is 1.46. The van der Waals surface area contributed by atoms with Gasteiger partial charge in [0.2, 0.25) is 11.8 Å². The summed E-state index contributed by atoms with van der Waals surface area (Å²) in [6.45, 7) is 1.62. The molecule has 11 heteroatoms. The molecule has 180 valence electrons. The predicted octanol–water partition coefficient (Wildman–Crippen LogP) is 2.21. The molecule has 4 aromatic rings. The van der Waals surface area contributed by atoms with Crippen molar-refractivity contribution in [2.75, 3.05) is 30.4 Å². The molecule has 1 aliphatic rings. The van der Waals surface area contributed by atoms with Crippen molar-refractivity contribution in [3.8, 4) is 5.75 Å². The number of nitrogens with one attached hydrogen (secondary N) is 2. The SMILES string of the molecule is COc1cccc(N2CC(C(=O)NCCn3ncc4c(NCc5ccco5)ncnc43)CC2=O)c1. The van der Waals surface area contributed by atoms with E-state index in [9.17, 15) is 9.59 Å². The third kappa shape index (κ3) is 4.79. The maximum atomic E-state index is 12.7. The fourth-order valence-corrected chi connectivity index (χ4v) is 4.12. The van der Waals surface area contributed by atoms with Crippen LogP contribution in [0.3, 0.4) is 0 Å². The largest absolute Gasteiger partial charge is 0.497 e. The van der Waals surface area contributed by atoms with E-state index in [-0.39, 0.29) is 18.2 Å². The van der Waals surface area contributed by atoms with Crippen molar-refractivity contribution in [3.63, 3.8) is 0 Å². The van der Waals surface area contributed by atoms with E-state index in [0.717, 1.165) is 16.8 Å². The Balaban J connectivity index is 1.17. The molecule has 3 aromatic heterocycles. The van der Waals surface area contributed by atoms with E-state index < -0.39 is 5.92 Å². The van der Waals surface area contributed by atoms with Crippen molar-refractivity contribution in [1.82, 2.24) is 25.1 Å². The van der Waals surface area contributed by atoms with Gasteiger partial charge in [-0.15, -0.1) is 0 Å². The molecular formula is C24H25N7O4. The molecule has 1 fully saturated rings. The van der Waals surface area contributed by atoms with Gasteiger partial charge in [-0.2, -0.15) is 5.10 Å². The first-order chi connectivity index (χ1) is 17.1. The maximum Gasteiger partial charge on any atom is 0.227 e. The van der Waals surface area contributed by atoms with E-state index in [0.29, 0.717) is 43.4 Å². The first kappa shape index (κ1) is 22.4. The summed E-state index contributed by atoms with van der Waals surface area (Å²) in [5.41, 5.74) is 1.39. The number of amides is 2. The molecule has 35 heavy (non-hydrogen) atoms. The Morgan fingerprint density at radius 2 is 2.17 bits per heavy atom. The van der Waals surface area contributed by atoms with E-state index in [2.05, 4.69) is 25.7 Å². The fourth-order valence-electron chi connectivity index (χ4n) is 4.12. The van der Waals surface area contributed by atoms with Crippen LogP contribution >= 0.6 is 0 Å². The lowest BCUT2D eigenvalue weighted by Crippen LogP contribution is -2.35. The molecule has 5 rings (SSSR count). The lowest BCUT2D eigenvalue weighted by Gasteiger charge is -2.17. The number of nitrogens with zero attached hydrogens (tertiary/aromatic N) is 5. The van der Waals surface area contributed by atoms with Crippen LogP contribution in [0.1, 0.15) is 12.2 Å². The molecule has 1 aliphatic heterocycles. The second kappa shape index (κ2) is 9.84. The highest BCUT2D eigenvalue weighted by molar-refractivity contribution is 6.00. The summed E-state index contributed by atoms with van der Waals surface area (Å²) in [7, 11) is 1.58. The number of hydrogen-bond donors (Lipinski definition) is 2. The van der Waals surface area contributed by atoms with Crippen LogP contribution in [0.2, 0.25) is 0 Å². The van der Waals surface area contributed by atoms with E-state index in [1.54, 1.807) is 35.2 Å². The number of carbonyl (C=O) groups is 2. The number of anilines is 2. The van der Waals surface area contributed by atoms with E-state index in [1.165, 1.54) is 6.33 Å². The van der Waals surface area contributed by atoms with E-state index >= 15 is 0 Å². The first-order valence-corrected chi connectivity index (χ1v) is 11.3. The van der Waals surface area contributed by atoms with Crippen molar-refractivity contribution in [3.05, 3.63) is 60.9 Å². The number of rotatable bonds is 9. The molecule has 1 atom stereocenters. The van der Waals surface area contributed by atoms with Crippen LogP contribution in [0.4, 0.5) is 11.5 Å². The molecule has 0 radical (unpaired) electrons. The van der Waals surface area contributed by atoms with Gasteiger partial charge in [0.15, 0.2) is 5.65 Å². The van der Waals surface area contributed by atoms with Crippen molar-refractivity contribution in [2.24, 2.45) is 5.92 Å². The zero-order valence-electron chi connectivity index (χ0n) is 19.2. The highest BCUT2D eigenvalue weighted by Gasteiger charge is 2.35. The van der Waals surface area contributed by atoms with Gasteiger partial charge in [-0.3, -0.25) is 9.59 Å². The number of aromatic nitrogens is 4. The van der Waals surface area contributed by atoms with Crippen molar-refractivity contribution >= 4 is 34.4 Å². The predicted molar refractivity (Wildman–Crippen MR) is 128 cm³/mol. The van der Waals surface area contributed by atoms with Crippen molar-refractivity contribution in [2.45, 2.75) is 19.5 Å². The highest BCUT2D eigenvalue weighted by atomic mass is 16.5. The first-order valence-electron chi connectivity index (χ1n) is 11.3. The number of carbonyl (C=O) groups excluding carboxylic acids is 2. The Hall–Kier alpha value is -4.41. The number of benzene rings is 1. The van der Waals surface area contributed by atoms with E-state index in [4.69, 9.17) is 9.15 Å². The van der Waals surface area contributed by atoms with Crippen molar-refractivity contribution < 1.29 is 18.7 Å². The Kier molecular flexibility index (Phi) is 6.29. The standard InChI is InChI=1S/C24H25N7O4/c1-34-18-5-2-4-17(11-18)30-14-16(10-21(30)32)24(33)25-7-8-31-23-20(13-29-31)22(27-15-28-23)26-12-19-6-3-9-35-19/h2-6,9,11,13,15-16H,7-8,10,12,14H2,1H3,(H,25,33)(H,26,27,28). The number of furan rings is 1. The van der Waals surface area contributed by atoms with Gasteiger partial charge in [0, 0.05) is 31.3 Å². The smallest absolute Gasteiger partial charge is 0.227 e. The monoisotopic (exact) mass is 475 g/mol. The molecule has 0 bridgehead atoms. The Morgan fingerprint density at radius 3 is 3.00 bits per heavy atom. The average molecular weight is 476 g/mol. The van der Waals surface area contributed by atoms with Crippen LogP contribution in [-0.2, 0) is 22.7 Å². The number of hydrogen-bond acceptors (Lipinski definition) is 8. The normalized spacial score (nSPS) is 15.5. The zero-order valence-corrected chi connectivity index (χ0v) is 19.2. The molecule has 0 spiro atoms. The third-order valence-electron chi connectivity index (χ3n) is 5.93. The second-order valence-corrected chi connectivity index (χ2v) is 8.16. The van der Waals surface area contributed by atoms with Gasteiger partial charge in [-0.25, -0.2) is 14.6 Å².